The monoisotopic (exact) mass is 270 g/mol. The Morgan fingerprint density at radius 1 is 1.50 bits per heavy atom. The number of carbonyl (C=O) groups is 1. The number of hydrogen-bond donors (Lipinski definition) is 1. The van der Waals surface area contributed by atoms with Crippen LogP contribution in [-0.4, -0.2) is 20.6 Å². The number of aliphatic carboxylic acids is 1. The van der Waals surface area contributed by atoms with Crippen LogP contribution in [0.1, 0.15) is 29.1 Å². The van der Waals surface area contributed by atoms with Crippen molar-refractivity contribution in [2.45, 2.75) is 32.7 Å². The van der Waals surface area contributed by atoms with E-state index in [2.05, 4.69) is 40.7 Å². The Kier molecular flexibility index (Phi) is 3.30. The van der Waals surface area contributed by atoms with E-state index in [4.69, 9.17) is 5.11 Å². The molecule has 1 aromatic carbocycles. The van der Waals surface area contributed by atoms with E-state index in [1.807, 2.05) is 6.20 Å². The molecule has 1 aliphatic heterocycles. The van der Waals surface area contributed by atoms with Crippen molar-refractivity contribution in [1.82, 2.24) is 9.55 Å². The first-order valence-electron chi connectivity index (χ1n) is 6.95. The number of rotatable bonds is 3. The minimum absolute atomic E-state index is 0.258. The third-order valence-corrected chi connectivity index (χ3v) is 3.97. The molecule has 1 aliphatic rings. The highest BCUT2D eigenvalue weighted by Crippen LogP contribution is 2.23. The molecular formula is C16H18N2O2. The van der Waals surface area contributed by atoms with Crippen molar-refractivity contribution in [1.29, 1.82) is 0 Å². The van der Waals surface area contributed by atoms with Crippen LogP contribution in [0.25, 0.3) is 0 Å². The summed E-state index contributed by atoms with van der Waals surface area (Å²) in [6.07, 6.45) is 3.93. The van der Waals surface area contributed by atoms with E-state index in [1.54, 1.807) is 0 Å². The molecule has 0 aliphatic carbocycles. The van der Waals surface area contributed by atoms with Crippen molar-refractivity contribution >= 4 is 5.97 Å². The Balaban J connectivity index is 1.82. The summed E-state index contributed by atoms with van der Waals surface area (Å²) in [7, 11) is 0. The highest BCUT2D eigenvalue weighted by atomic mass is 16.4. The van der Waals surface area contributed by atoms with Gasteiger partial charge in [0.25, 0.3) is 0 Å². The van der Waals surface area contributed by atoms with Gasteiger partial charge in [0.1, 0.15) is 5.82 Å². The first-order chi connectivity index (χ1) is 9.63. The third kappa shape index (κ3) is 2.46. The minimum atomic E-state index is -0.697. The fraction of sp³-hybridized carbons (Fsp3) is 0.375. The number of fused-ring (bicyclic) bond motifs is 1. The zero-order valence-electron chi connectivity index (χ0n) is 11.5. The molecule has 1 aromatic heterocycles. The van der Waals surface area contributed by atoms with Gasteiger partial charge in [-0.3, -0.25) is 4.79 Å². The van der Waals surface area contributed by atoms with Gasteiger partial charge in [0.2, 0.25) is 0 Å². The van der Waals surface area contributed by atoms with Crippen LogP contribution in [0.2, 0.25) is 0 Å². The lowest BCUT2D eigenvalue weighted by Gasteiger charge is -2.22. The molecule has 0 bridgehead atoms. The molecule has 20 heavy (non-hydrogen) atoms. The van der Waals surface area contributed by atoms with Gasteiger partial charge in [0.15, 0.2) is 0 Å². The second-order valence-corrected chi connectivity index (χ2v) is 5.51. The average Bonchev–Trinajstić information content (AvgIpc) is 2.81. The van der Waals surface area contributed by atoms with Crippen LogP contribution in [-0.2, 0) is 24.2 Å². The molecule has 0 spiro atoms. The van der Waals surface area contributed by atoms with Crippen molar-refractivity contribution in [2.24, 2.45) is 5.92 Å². The first kappa shape index (κ1) is 12.9. The van der Waals surface area contributed by atoms with Gasteiger partial charge in [-0.05, 0) is 18.9 Å². The van der Waals surface area contributed by atoms with Gasteiger partial charge in [-0.25, -0.2) is 4.98 Å². The molecule has 4 nitrogen and oxygen atoms in total. The van der Waals surface area contributed by atoms with E-state index in [9.17, 15) is 4.79 Å². The van der Waals surface area contributed by atoms with E-state index < -0.39 is 5.97 Å². The molecule has 1 unspecified atom stereocenters. The number of nitrogens with zero attached hydrogens (tertiary/aromatic N) is 2. The molecule has 1 atom stereocenters. The quantitative estimate of drug-likeness (QED) is 0.932. The van der Waals surface area contributed by atoms with E-state index in [1.165, 1.54) is 11.1 Å². The lowest BCUT2D eigenvalue weighted by molar-refractivity contribution is -0.142. The molecule has 2 aromatic rings. The summed E-state index contributed by atoms with van der Waals surface area (Å²) in [5, 5.41) is 9.11. The average molecular weight is 270 g/mol. The molecule has 104 valence electrons. The van der Waals surface area contributed by atoms with E-state index in [0.29, 0.717) is 12.8 Å². The van der Waals surface area contributed by atoms with Crippen LogP contribution in [0.15, 0.2) is 30.5 Å². The summed E-state index contributed by atoms with van der Waals surface area (Å²) in [5.41, 5.74) is 3.55. The van der Waals surface area contributed by atoms with Crippen LogP contribution in [0.4, 0.5) is 0 Å². The maximum Gasteiger partial charge on any atom is 0.306 e. The number of carboxylic acid groups (broad SMARTS) is 1. The molecule has 0 fully saturated rings. The molecule has 0 saturated carbocycles. The van der Waals surface area contributed by atoms with E-state index in [-0.39, 0.29) is 5.92 Å². The molecule has 1 N–H and O–H groups in total. The highest BCUT2D eigenvalue weighted by molar-refractivity contribution is 5.70. The first-order valence-corrected chi connectivity index (χ1v) is 6.95. The molecule has 0 amide bonds. The number of aromatic nitrogens is 2. The molecular weight excluding hydrogens is 252 g/mol. The van der Waals surface area contributed by atoms with E-state index >= 15 is 0 Å². The van der Waals surface area contributed by atoms with Crippen LogP contribution in [0.3, 0.4) is 0 Å². The van der Waals surface area contributed by atoms with Crippen molar-refractivity contribution in [3.05, 3.63) is 53.1 Å². The molecule has 0 saturated heterocycles. The second-order valence-electron chi connectivity index (χ2n) is 5.51. The summed E-state index contributed by atoms with van der Waals surface area (Å²) in [6, 6.07) is 8.43. The summed E-state index contributed by atoms with van der Waals surface area (Å²) in [5.74, 6) is 0.0816. The number of carboxylic acids is 1. The number of aryl methyl sites for hydroxylation is 1. The molecule has 4 heteroatoms. The van der Waals surface area contributed by atoms with Crippen LogP contribution in [0.5, 0.6) is 0 Å². The van der Waals surface area contributed by atoms with Crippen molar-refractivity contribution < 1.29 is 9.90 Å². The summed E-state index contributed by atoms with van der Waals surface area (Å²) in [6.45, 7) is 2.84. The second kappa shape index (κ2) is 5.12. The topological polar surface area (TPSA) is 55.1 Å². The Bertz CT molecular complexity index is 646. The highest BCUT2D eigenvalue weighted by Gasteiger charge is 2.26. The van der Waals surface area contributed by atoms with Crippen LogP contribution >= 0.6 is 0 Å². The molecule has 0 radical (unpaired) electrons. The lowest BCUT2D eigenvalue weighted by Crippen LogP contribution is -2.26. The zero-order chi connectivity index (χ0) is 14.1. The summed E-state index contributed by atoms with van der Waals surface area (Å²) >= 11 is 0. The number of benzene rings is 1. The fourth-order valence-corrected chi connectivity index (χ4v) is 2.89. The third-order valence-electron chi connectivity index (χ3n) is 3.97. The summed E-state index contributed by atoms with van der Waals surface area (Å²) < 4.78 is 2.18. The predicted molar refractivity (Wildman–Crippen MR) is 75.7 cm³/mol. The SMILES string of the molecule is Cc1cccc(Cc2ncc3n2CCC(C(=O)O)C3)c1. The Hall–Kier alpha value is -2.10. The van der Waals surface area contributed by atoms with E-state index in [0.717, 1.165) is 24.5 Å². The maximum atomic E-state index is 11.1. The van der Waals surface area contributed by atoms with Gasteiger partial charge in [-0.1, -0.05) is 29.8 Å². The van der Waals surface area contributed by atoms with Gasteiger partial charge in [0.05, 0.1) is 5.92 Å². The van der Waals surface area contributed by atoms with Gasteiger partial charge in [-0.15, -0.1) is 0 Å². The lowest BCUT2D eigenvalue weighted by atomic mass is 9.96. The minimum Gasteiger partial charge on any atom is -0.481 e. The molecule has 2 heterocycles. The Morgan fingerprint density at radius 3 is 3.10 bits per heavy atom. The zero-order valence-corrected chi connectivity index (χ0v) is 11.5. The fourth-order valence-electron chi connectivity index (χ4n) is 2.89. The van der Waals surface area contributed by atoms with Crippen molar-refractivity contribution in [3.63, 3.8) is 0 Å². The predicted octanol–water partition coefficient (Wildman–Crippen LogP) is 2.43. The maximum absolute atomic E-state index is 11.1. The van der Waals surface area contributed by atoms with Gasteiger partial charge in [0, 0.05) is 31.3 Å². The standard InChI is InChI=1S/C16H18N2O2/c1-11-3-2-4-12(7-11)8-15-17-10-14-9-13(16(19)20)5-6-18(14)15/h2-4,7,10,13H,5-6,8-9H2,1H3,(H,19,20). The van der Waals surface area contributed by atoms with Crippen molar-refractivity contribution in [2.75, 3.05) is 0 Å². The number of hydrogen-bond acceptors (Lipinski definition) is 2. The molecule has 3 rings (SSSR count). The van der Waals surface area contributed by atoms with Gasteiger partial charge >= 0.3 is 5.97 Å². The van der Waals surface area contributed by atoms with Crippen LogP contribution in [0, 0.1) is 12.8 Å². The number of imidazole rings is 1. The smallest absolute Gasteiger partial charge is 0.306 e. The van der Waals surface area contributed by atoms with Crippen LogP contribution < -0.4 is 0 Å². The Labute approximate surface area is 118 Å². The summed E-state index contributed by atoms with van der Waals surface area (Å²) in [4.78, 5) is 15.6. The Morgan fingerprint density at radius 2 is 2.35 bits per heavy atom. The van der Waals surface area contributed by atoms with Crippen molar-refractivity contribution in [3.8, 4) is 0 Å². The normalized spacial score (nSPS) is 17.8. The largest absolute Gasteiger partial charge is 0.481 e. The van der Waals surface area contributed by atoms with Gasteiger partial charge in [-0.2, -0.15) is 0 Å². The van der Waals surface area contributed by atoms with Gasteiger partial charge < -0.3 is 9.67 Å².